The molecule has 0 bridgehead atoms. The van der Waals surface area contributed by atoms with Crippen molar-refractivity contribution in [1.29, 1.82) is 0 Å². The number of hydrogen-bond acceptors (Lipinski definition) is 12. The number of carbonyl (C=O) groups is 2. The van der Waals surface area contributed by atoms with Crippen LogP contribution in [0.2, 0.25) is 25.1 Å². The Morgan fingerprint density at radius 1 is 0.551 bits per heavy atom. The fourth-order valence-corrected chi connectivity index (χ4v) is 14.0. The molecule has 10 heterocycles. The lowest BCUT2D eigenvalue weighted by Gasteiger charge is -2.32. The standard InChI is InChI=1S/C16H16ClN5O.C15H15ClN6O.C14H18BClN2O2.C8H6BrClN2.C7H4BrClN2/c1-21-15-10(8-19-21)6-9(7-11(15)17)14-13(16(18)23)12-4-2-3-5-22(12)20-14;1-21-14-9(6-19-21)4-8(5-10(14)16)13-12(15(17)23)11-7-18-2-3-22(11)20-13;1-13(2)14(3,4)20-15(19-13)10-6-9-8-17-18(5)12(9)11(16)7-10;1-12-8-5(4-11-12)2-6(9)3-7(8)10;8-5-1-4-3-10-11-7(4)6(9)2-5/h6-8H,2-5H2,1H3,(H2,18,23);4-6,18H,2-3,7H2,1H3,(H2,17,23);6-8H,1-5H3;2-4H,1H3;1-3H,(H,10,11). The normalized spacial score (nSPS) is 14.8. The number of nitrogens with zero attached hydrogens (tertiary/aromatic N) is 13. The number of benzene rings is 5. The molecule has 5 aromatic carbocycles. The zero-order valence-electron chi connectivity index (χ0n) is 49.4. The highest BCUT2D eigenvalue weighted by atomic mass is 79.9. The van der Waals surface area contributed by atoms with E-state index in [1.165, 1.54) is 0 Å². The number of halogens is 7. The SMILES string of the molecule is Clc1cc(Br)cc2cn[nH]c12.Cn1ncc2cc(-c3nn4c(c3C(N)=O)CCCC4)cc(Cl)c21.Cn1ncc2cc(-c3nn4c(c3C(N)=O)CNCC4)cc(Cl)c21.Cn1ncc2cc(B3OC(C)(C)C(C)(C)O3)cc(Cl)c21.Cn1ncc2cc(Br)cc(Cl)c21. The lowest BCUT2D eigenvalue weighted by molar-refractivity contribution is 0.00578. The molecule has 0 unspecified atom stereocenters. The molecule has 3 aliphatic rings. The van der Waals surface area contributed by atoms with E-state index in [0.717, 1.165) is 129 Å². The number of hydrogen-bond donors (Lipinski definition) is 4. The van der Waals surface area contributed by atoms with Gasteiger partial charge in [0.1, 0.15) is 11.4 Å². The summed E-state index contributed by atoms with van der Waals surface area (Å²) in [5.41, 5.74) is 21.4. The number of aromatic amines is 1. The first-order valence-electron chi connectivity index (χ1n) is 28.0. The van der Waals surface area contributed by atoms with Gasteiger partial charge in [0, 0.05) is 94.8 Å². The van der Waals surface area contributed by atoms with Gasteiger partial charge in [-0.25, -0.2) is 0 Å². The molecule has 0 atom stereocenters. The molecule has 3 aliphatic heterocycles. The summed E-state index contributed by atoms with van der Waals surface area (Å²) in [7, 11) is 7.04. The van der Waals surface area contributed by atoms with Crippen molar-refractivity contribution in [3.05, 3.63) is 148 Å². The van der Waals surface area contributed by atoms with Crippen molar-refractivity contribution < 1.29 is 18.9 Å². The van der Waals surface area contributed by atoms with Gasteiger partial charge in [-0.15, -0.1) is 0 Å². The largest absolute Gasteiger partial charge is 0.494 e. The molecule has 2 amide bonds. The number of amides is 2. The van der Waals surface area contributed by atoms with E-state index in [-0.39, 0.29) is 11.2 Å². The second kappa shape index (κ2) is 25.4. The van der Waals surface area contributed by atoms with Crippen LogP contribution < -0.4 is 22.2 Å². The minimum Gasteiger partial charge on any atom is -0.399 e. The van der Waals surface area contributed by atoms with Crippen LogP contribution in [0.25, 0.3) is 77.0 Å². The first-order chi connectivity index (χ1) is 42.3. The molecule has 0 radical (unpaired) electrons. The van der Waals surface area contributed by atoms with Crippen LogP contribution >= 0.6 is 89.9 Å². The highest BCUT2D eigenvalue weighted by Gasteiger charge is 2.52. The van der Waals surface area contributed by atoms with Gasteiger partial charge in [-0.2, -0.15) is 35.7 Å². The quantitative estimate of drug-likeness (QED) is 0.117. The Hall–Kier alpha value is -6.84. The van der Waals surface area contributed by atoms with Crippen molar-refractivity contribution in [3.8, 4) is 22.5 Å². The van der Waals surface area contributed by atoms with Gasteiger partial charge in [-0.1, -0.05) is 95.9 Å². The molecule has 29 heteroatoms. The van der Waals surface area contributed by atoms with Gasteiger partial charge in [0.2, 0.25) is 0 Å². The summed E-state index contributed by atoms with van der Waals surface area (Å²) >= 11 is 37.8. The summed E-state index contributed by atoms with van der Waals surface area (Å²) in [6.45, 7) is 11.1. The summed E-state index contributed by atoms with van der Waals surface area (Å²) in [5.74, 6) is -0.919. The van der Waals surface area contributed by atoms with E-state index in [1.54, 1.807) is 55.8 Å². The molecule has 0 spiro atoms. The zero-order valence-corrected chi connectivity index (χ0v) is 56.4. The van der Waals surface area contributed by atoms with Gasteiger partial charge in [-0.3, -0.25) is 42.8 Å². The van der Waals surface area contributed by atoms with Gasteiger partial charge < -0.3 is 26.1 Å². The smallest absolute Gasteiger partial charge is 0.399 e. The van der Waals surface area contributed by atoms with Crippen molar-refractivity contribution >= 4 is 169 Å². The Bertz CT molecular complexity index is 4570. The summed E-state index contributed by atoms with van der Waals surface area (Å²) in [5, 5.41) is 44.0. The number of H-pyrrole nitrogens is 1. The number of aromatic nitrogens is 14. The third-order valence-corrected chi connectivity index (χ3v) is 18.5. The van der Waals surface area contributed by atoms with Crippen LogP contribution in [0, 0.1) is 0 Å². The van der Waals surface area contributed by atoms with Crippen LogP contribution in [0.4, 0.5) is 0 Å². The zero-order chi connectivity index (χ0) is 63.5. The van der Waals surface area contributed by atoms with Crippen molar-refractivity contribution in [2.75, 3.05) is 6.54 Å². The number of fused-ring (bicyclic) bond motifs is 7. The van der Waals surface area contributed by atoms with E-state index in [9.17, 15) is 9.59 Å². The Balaban J connectivity index is 0.000000118. The average molecular weight is 1430 g/mol. The Labute approximate surface area is 552 Å². The minimum absolute atomic E-state index is 0.353. The van der Waals surface area contributed by atoms with E-state index in [4.69, 9.17) is 78.8 Å². The first kappa shape index (κ1) is 63.7. The van der Waals surface area contributed by atoms with Crippen LogP contribution in [0.5, 0.6) is 0 Å². The third-order valence-electron chi connectivity index (χ3n) is 16.1. The van der Waals surface area contributed by atoms with Gasteiger partial charge in [0.25, 0.3) is 11.8 Å². The Kier molecular flexibility index (Phi) is 18.2. The topological polar surface area (TPSA) is 252 Å². The van der Waals surface area contributed by atoms with Crippen LogP contribution in [-0.2, 0) is 63.6 Å². The fourth-order valence-electron chi connectivity index (χ4n) is 11.1. The summed E-state index contributed by atoms with van der Waals surface area (Å²) < 4.78 is 24.8. The van der Waals surface area contributed by atoms with Crippen LogP contribution in [0.15, 0.2) is 101 Å². The average Bonchev–Trinajstić information content (AvgIpc) is 2.12. The molecule has 12 aromatic rings. The molecule has 1 saturated heterocycles. The molecular formula is C60H59BBr2Cl5N17O4. The van der Waals surface area contributed by atoms with Crippen LogP contribution in [0.3, 0.4) is 0 Å². The molecular weight excluding hydrogens is 1370 g/mol. The second-order valence-electron chi connectivity index (χ2n) is 22.6. The number of aryl methyl sites for hydroxylation is 5. The van der Waals surface area contributed by atoms with Crippen molar-refractivity contribution in [2.45, 2.75) is 77.8 Å². The highest BCUT2D eigenvalue weighted by Crippen LogP contribution is 2.39. The number of carbonyl (C=O) groups excluding carboxylic acids is 2. The predicted molar refractivity (Wildman–Crippen MR) is 359 cm³/mol. The Morgan fingerprint density at radius 3 is 1.51 bits per heavy atom. The number of nitrogens with two attached hydrogens (primary N) is 2. The van der Waals surface area contributed by atoms with Crippen molar-refractivity contribution in [2.24, 2.45) is 39.7 Å². The fraction of sp³-hybridized carbons (Fsp3) is 0.283. The number of nitrogens with one attached hydrogen (secondary N) is 2. The van der Waals surface area contributed by atoms with E-state index >= 15 is 0 Å². The Morgan fingerprint density at radius 2 is 0.989 bits per heavy atom. The predicted octanol–water partition coefficient (Wildman–Crippen LogP) is 12.3. The molecule has 1 fully saturated rings. The van der Waals surface area contributed by atoms with Gasteiger partial charge in [0.05, 0.1) is 124 Å². The van der Waals surface area contributed by atoms with E-state index in [0.29, 0.717) is 55.7 Å². The van der Waals surface area contributed by atoms with Crippen molar-refractivity contribution in [1.82, 2.24) is 74.2 Å². The van der Waals surface area contributed by atoms with Gasteiger partial charge in [-0.05, 0) is 107 Å². The maximum Gasteiger partial charge on any atom is 0.494 e. The first-order valence-corrected chi connectivity index (χ1v) is 31.5. The van der Waals surface area contributed by atoms with E-state index in [2.05, 4.69) is 78.0 Å². The molecule has 460 valence electrons. The minimum atomic E-state index is -0.479. The molecule has 7 aromatic heterocycles. The van der Waals surface area contributed by atoms with E-state index in [1.807, 2.05) is 120 Å². The number of rotatable bonds is 5. The van der Waals surface area contributed by atoms with Crippen molar-refractivity contribution in [3.63, 3.8) is 0 Å². The van der Waals surface area contributed by atoms with E-state index < -0.39 is 18.9 Å². The molecule has 6 N–H and O–H groups in total. The third kappa shape index (κ3) is 12.7. The molecule has 15 rings (SSSR count). The maximum atomic E-state index is 12.0. The van der Waals surface area contributed by atoms with Gasteiger partial charge in [0.15, 0.2) is 0 Å². The lowest BCUT2D eigenvalue weighted by Crippen LogP contribution is -2.41. The summed E-state index contributed by atoms with van der Waals surface area (Å²) in [4.78, 5) is 24.0. The van der Waals surface area contributed by atoms with Gasteiger partial charge >= 0.3 is 7.12 Å². The summed E-state index contributed by atoms with van der Waals surface area (Å²) in [6.07, 6.45) is 11.8. The highest BCUT2D eigenvalue weighted by molar-refractivity contribution is 9.10. The van der Waals surface area contributed by atoms with Crippen LogP contribution in [-0.4, -0.2) is 106 Å². The molecule has 0 aliphatic carbocycles. The number of primary amides is 2. The molecule has 21 nitrogen and oxygen atoms in total. The molecule has 0 saturated carbocycles. The second-order valence-corrected chi connectivity index (χ2v) is 26.5. The monoisotopic (exact) mass is 1430 g/mol. The lowest BCUT2D eigenvalue weighted by atomic mass is 9.78. The maximum absolute atomic E-state index is 12.0. The van der Waals surface area contributed by atoms with Crippen LogP contribution in [0.1, 0.15) is 72.6 Å². The summed E-state index contributed by atoms with van der Waals surface area (Å²) in [6, 6.07) is 19.1. The molecule has 89 heavy (non-hydrogen) atoms.